The van der Waals surface area contributed by atoms with Crippen molar-refractivity contribution in [2.75, 3.05) is 13.2 Å². The molecule has 0 bridgehead atoms. The molecular weight excluding hydrogens is 258 g/mol. The van der Waals surface area contributed by atoms with E-state index in [-0.39, 0.29) is 6.04 Å². The highest BCUT2D eigenvalue weighted by Gasteiger charge is 2.15. The SMILES string of the molecule is CCNC(Cc1ccc(C)cc1)c1ccccc1OCC. The Morgan fingerprint density at radius 1 is 1.00 bits per heavy atom. The van der Waals surface area contributed by atoms with Gasteiger partial charge >= 0.3 is 0 Å². The first-order chi connectivity index (χ1) is 10.2. The lowest BCUT2D eigenvalue weighted by atomic mass is 9.97. The number of aryl methyl sites for hydroxylation is 1. The second-order valence-corrected chi connectivity index (χ2v) is 5.27. The maximum atomic E-state index is 5.78. The minimum absolute atomic E-state index is 0.278. The monoisotopic (exact) mass is 283 g/mol. The van der Waals surface area contributed by atoms with Crippen molar-refractivity contribution in [1.29, 1.82) is 0 Å². The lowest BCUT2D eigenvalue weighted by molar-refractivity contribution is 0.331. The van der Waals surface area contributed by atoms with Gasteiger partial charge in [-0.3, -0.25) is 0 Å². The van der Waals surface area contributed by atoms with Gasteiger partial charge in [0.2, 0.25) is 0 Å². The zero-order valence-electron chi connectivity index (χ0n) is 13.2. The van der Waals surface area contributed by atoms with Crippen LogP contribution >= 0.6 is 0 Å². The number of likely N-dealkylation sites (N-methyl/N-ethyl adjacent to an activating group) is 1. The van der Waals surface area contributed by atoms with E-state index in [4.69, 9.17) is 4.74 Å². The van der Waals surface area contributed by atoms with Crippen LogP contribution in [0.4, 0.5) is 0 Å². The van der Waals surface area contributed by atoms with Gasteiger partial charge in [-0.2, -0.15) is 0 Å². The first-order valence-corrected chi connectivity index (χ1v) is 7.75. The summed E-state index contributed by atoms with van der Waals surface area (Å²) in [5, 5.41) is 3.58. The third kappa shape index (κ3) is 4.33. The molecule has 1 unspecified atom stereocenters. The Balaban J connectivity index is 2.24. The molecule has 0 radical (unpaired) electrons. The molecule has 112 valence electrons. The van der Waals surface area contributed by atoms with Gasteiger partial charge in [0.15, 0.2) is 0 Å². The number of benzene rings is 2. The Hall–Kier alpha value is -1.80. The van der Waals surface area contributed by atoms with Gasteiger partial charge in [0.05, 0.1) is 6.61 Å². The summed E-state index contributed by atoms with van der Waals surface area (Å²) in [4.78, 5) is 0. The Kier molecular flexibility index (Phi) is 5.82. The minimum Gasteiger partial charge on any atom is -0.494 e. The van der Waals surface area contributed by atoms with Gasteiger partial charge in [0.25, 0.3) is 0 Å². The van der Waals surface area contributed by atoms with Gasteiger partial charge in [-0.05, 0) is 38.4 Å². The first-order valence-electron chi connectivity index (χ1n) is 7.75. The summed E-state index contributed by atoms with van der Waals surface area (Å²) < 4.78 is 5.78. The average molecular weight is 283 g/mol. The quantitative estimate of drug-likeness (QED) is 0.818. The third-order valence-electron chi connectivity index (χ3n) is 3.61. The smallest absolute Gasteiger partial charge is 0.124 e. The molecule has 2 rings (SSSR count). The number of hydrogen-bond donors (Lipinski definition) is 1. The van der Waals surface area contributed by atoms with Crippen molar-refractivity contribution < 1.29 is 4.74 Å². The Bertz CT molecular complexity index is 548. The molecule has 0 aliphatic heterocycles. The summed E-state index contributed by atoms with van der Waals surface area (Å²) in [6, 6.07) is 17.4. The zero-order valence-corrected chi connectivity index (χ0v) is 13.2. The molecule has 2 nitrogen and oxygen atoms in total. The second kappa shape index (κ2) is 7.84. The van der Waals surface area contributed by atoms with Gasteiger partial charge in [0.1, 0.15) is 5.75 Å². The van der Waals surface area contributed by atoms with E-state index in [9.17, 15) is 0 Å². The fraction of sp³-hybridized carbons (Fsp3) is 0.368. The molecule has 0 fully saturated rings. The largest absolute Gasteiger partial charge is 0.494 e. The topological polar surface area (TPSA) is 21.3 Å². The van der Waals surface area contributed by atoms with Crippen LogP contribution in [-0.2, 0) is 6.42 Å². The molecule has 2 aromatic rings. The summed E-state index contributed by atoms with van der Waals surface area (Å²) in [5.41, 5.74) is 3.88. The van der Waals surface area contributed by atoms with Crippen LogP contribution in [0.15, 0.2) is 48.5 Å². The molecule has 1 N–H and O–H groups in total. The van der Waals surface area contributed by atoms with E-state index < -0.39 is 0 Å². The number of para-hydroxylation sites is 1. The average Bonchev–Trinajstić information content (AvgIpc) is 2.50. The Labute approximate surface area is 128 Å². The van der Waals surface area contributed by atoms with Crippen molar-refractivity contribution in [2.24, 2.45) is 0 Å². The summed E-state index contributed by atoms with van der Waals surface area (Å²) >= 11 is 0. The predicted octanol–water partition coefficient (Wildman–Crippen LogP) is 4.29. The predicted molar refractivity (Wildman–Crippen MR) is 88.9 cm³/mol. The molecular formula is C19H25NO. The van der Waals surface area contributed by atoms with E-state index in [2.05, 4.69) is 61.6 Å². The van der Waals surface area contributed by atoms with E-state index in [1.54, 1.807) is 0 Å². The molecule has 21 heavy (non-hydrogen) atoms. The number of rotatable bonds is 7. The Morgan fingerprint density at radius 3 is 2.38 bits per heavy atom. The molecule has 0 aliphatic carbocycles. The maximum Gasteiger partial charge on any atom is 0.124 e. The van der Waals surface area contributed by atoms with E-state index in [0.717, 1.165) is 18.7 Å². The van der Waals surface area contributed by atoms with Crippen LogP contribution in [0.3, 0.4) is 0 Å². The number of nitrogens with one attached hydrogen (secondary N) is 1. The molecule has 1 atom stereocenters. The maximum absolute atomic E-state index is 5.78. The van der Waals surface area contributed by atoms with Crippen LogP contribution in [0.2, 0.25) is 0 Å². The van der Waals surface area contributed by atoms with Gasteiger partial charge in [-0.25, -0.2) is 0 Å². The van der Waals surface area contributed by atoms with Crippen molar-refractivity contribution in [3.63, 3.8) is 0 Å². The molecule has 0 aliphatic rings. The van der Waals surface area contributed by atoms with Crippen LogP contribution in [-0.4, -0.2) is 13.2 Å². The van der Waals surface area contributed by atoms with Crippen LogP contribution < -0.4 is 10.1 Å². The van der Waals surface area contributed by atoms with Crippen molar-refractivity contribution >= 4 is 0 Å². The Morgan fingerprint density at radius 2 is 1.71 bits per heavy atom. The molecule has 2 aromatic carbocycles. The lowest BCUT2D eigenvalue weighted by Gasteiger charge is -2.21. The van der Waals surface area contributed by atoms with Crippen molar-refractivity contribution in [3.8, 4) is 5.75 Å². The molecule has 0 saturated heterocycles. The van der Waals surface area contributed by atoms with E-state index in [1.165, 1.54) is 16.7 Å². The fourth-order valence-electron chi connectivity index (χ4n) is 2.55. The highest BCUT2D eigenvalue weighted by molar-refractivity contribution is 5.37. The van der Waals surface area contributed by atoms with E-state index >= 15 is 0 Å². The van der Waals surface area contributed by atoms with Gasteiger partial charge in [-0.1, -0.05) is 55.0 Å². The van der Waals surface area contributed by atoms with E-state index in [1.807, 2.05) is 13.0 Å². The molecule has 2 heteroatoms. The summed E-state index contributed by atoms with van der Waals surface area (Å²) in [5.74, 6) is 0.984. The third-order valence-corrected chi connectivity index (χ3v) is 3.61. The van der Waals surface area contributed by atoms with Gasteiger partial charge in [0, 0.05) is 11.6 Å². The molecule has 0 heterocycles. The van der Waals surface area contributed by atoms with Crippen LogP contribution in [0, 0.1) is 6.92 Å². The van der Waals surface area contributed by atoms with Crippen LogP contribution in [0.25, 0.3) is 0 Å². The summed E-state index contributed by atoms with van der Waals surface area (Å²) in [7, 11) is 0. The first kappa shape index (κ1) is 15.6. The minimum atomic E-state index is 0.278. The number of ether oxygens (including phenoxy) is 1. The molecule has 0 aromatic heterocycles. The fourth-order valence-corrected chi connectivity index (χ4v) is 2.55. The van der Waals surface area contributed by atoms with Gasteiger partial charge < -0.3 is 10.1 Å². The van der Waals surface area contributed by atoms with Crippen molar-refractivity contribution in [3.05, 3.63) is 65.2 Å². The van der Waals surface area contributed by atoms with Crippen molar-refractivity contribution in [1.82, 2.24) is 5.32 Å². The van der Waals surface area contributed by atoms with Crippen LogP contribution in [0.5, 0.6) is 5.75 Å². The summed E-state index contributed by atoms with van der Waals surface area (Å²) in [6.45, 7) is 7.93. The van der Waals surface area contributed by atoms with Crippen LogP contribution in [0.1, 0.15) is 36.6 Å². The highest BCUT2D eigenvalue weighted by Crippen LogP contribution is 2.27. The second-order valence-electron chi connectivity index (χ2n) is 5.27. The number of hydrogen-bond acceptors (Lipinski definition) is 2. The zero-order chi connectivity index (χ0) is 15.1. The normalized spacial score (nSPS) is 12.1. The summed E-state index contributed by atoms with van der Waals surface area (Å²) in [6.07, 6.45) is 0.970. The standard InChI is InChI=1S/C19H25NO/c1-4-20-18(14-16-12-10-15(3)11-13-16)17-8-6-7-9-19(17)21-5-2/h6-13,18,20H,4-5,14H2,1-3H3. The van der Waals surface area contributed by atoms with E-state index in [0.29, 0.717) is 6.61 Å². The molecule has 0 saturated carbocycles. The lowest BCUT2D eigenvalue weighted by Crippen LogP contribution is -2.23. The molecule has 0 spiro atoms. The molecule has 0 amide bonds. The van der Waals surface area contributed by atoms with Crippen molar-refractivity contribution in [2.45, 2.75) is 33.2 Å². The van der Waals surface area contributed by atoms with Gasteiger partial charge in [-0.15, -0.1) is 0 Å². The highest BCUT2D eigenvalue weighted by atomic mass is 16.5.